The molecular formula is C7H18ClN5. The highest BCUT2D eigenvalue weighted by Crippen LogP contribution is 2.05. The third kappa shape index (κ3) is 5.46. The van der Waals surface area contributed by atoms with Crippen LogP contribution in [0.2, 0.25) is 0 Å². The summed E-state index contributed by atoms with van der Waals surface area (Å²) in [5, 5.41) is 7.15. The number of rotatable bonds is 1. The molecule has 0 aliphatic rings. The molecule has 1 rings (SSSR count). The fourth-order valence-electron chi connectivity index (χ4n) is 0.845. The first-order valence-corrected chi connectivity index (χ1v) is 3.71. The van der Waals surface area contributed by atoms with Crippen molar-refractivity contribution in [3.05, 3.63) is 11.8 Å². The van der Waals surface area contributed by atoms with E-state index in [0.717, 1.165) is 11.5 Å². The number of hydrogen-bond donors (Lipinski definition) is 3. The Balaban J connectivity index is 0. The van der Waals surface area contributed by atoms with Crippen LogP contribution in [0.1, 0.15) is 5.69 Å². The topological polar surface area (TPSA) is 67.9 Å². The van der Waals surface area contributed by atoms with Crippen LogP contribution in [0.4, 0.5) is 5.82 Å². The van der Waals surface area contributed by atoms with Crippen LogP contribution < -0.4 is 16.6 Å². The first-order valence-electron chi connectivity index (χ1n) is 3.71. The quantitative estimate of drug-likeness (QED) is 0.457. The Morgan fingerprint density at radius 3 is 2.08 bits per heavy atom. The number of nitrogens with one attached hydrogen (secondary N) is 2. The molecule has 0 saturated carbocycles. The second-order valence-electron chi connectivity index (χ2n) is 2.33. The zero-order valence-electron chi connectivity index (χ0n) is 8.46. The van der Waals surface area contributed by atoms with Crippen LogP contribution in [0.5, 0.6) is 0 Å². The van der Waals surface area contributed by atoms with E-state index >= 15 is 0 Å². The van der Waals surface area contributed by atoms with Gasteiger partial charge in [-0.05, 0) is 14.0 Å². The Bertz CT molecular complexity index is 223. The van der Waals surface area contributed by atoms with E-state index in [4.69, 9.17) is 0 Å². The summed E-state index contributed by atoms with van der Waals surface area (Å²) in [6, 6.07) is 2.00. The number of hydrazine groups is 1. The summed E-state index contributed by atoms with van der Waals surface area (Å²) in [5.41, 5.74) is 3.29. The molecule has 1 aromatic heterocycles. The van der Waals surface area contributed by atoms with Crippen LogP contribution in [0.3, 0.4) is 0 Å². The number of hydrogen-bond acceptors (Lipinski definition) is 4. The van der Waals surface area contributed by atoms with Crippen LogP contribution in [0, 0.1) is 6.92 Å². The SMILES string of the molecule is CNN.CNc1cc(C)nn1C.Cl. The van der Waals surface area contributed by atoms with Gasteiger partial charge in [0.1, 0.15) is 5.82 Å². The number of halogens is 1. The van der Waals surface area contributed by atoms with Gasteiger partial charge < -0.3 is 5.32 Å². The van der Waals surface area contributed by atoms with E-state index in [1.165, 1.54) is 0 Å². The zero-order chi connectivity index (χ0) is 9.56. The van der Waals surface area contributed by atoms with Crippen LogP contribution in [-0.2, 0) is 7.05 Å². The average Bonchev–Trinajstić information content (AvgIpc) is 2.31. The highest BCUT2D eigenvalue weighted by atomic mass is 35.5. The van der Waals surface area contributed by atoms with Crippen LogP contribution >= 0.6 is 12.4 Å². The minimum absolute atomic E-state index is 0. The fourth-order valence-corrected chi connectivity index (χ4v) is 0.845. The molecule has 5 nitrogen and oxygen atoms in total. The molecule has 0 aliphatic carbocycles. The van der Waals surface area contributed by atoms with Crippen LogP contribution in [0.15, 0.2) is 6.07 Å². The van der Waals surface area contributed by atoms with Crippen LogP contribution in [0.25, 0.3) is 0 Å². The molecule has 0 saturated heterocycles. The third-order valence-corrected chi connectivity index (χ3v) is 1.26. The maximum atomic E-state index is 4.60. The molecular weight excluding hydrogens is 190 g/mol. The van der Waals surface area contributed by atoms with E-state index in [0.29, 0.717) is 0 Å². The number of aryl methyl sites for hydroxylation is 2. The third-order valence-electron chi connectivity index (χ3n) is 1.26. The molecule has 1 heterocycles. The zero-order valence-corrected chi connectivity index (χ0v) is 9.27. The maximum Gasteiger partial charge on any atom is 0.123 e. The van der Waals surface area contributed by atoms with Gasteiger partial charge in [0.25, 0.3) is 0 Å². The second kappa shape index (κ2) is 7.85. The van der Waals surface area contributed by atoms with Crippen molar-refractivity contribution >= 4 is 18.2 Å². The van der Waals surface area contributed by atoms with Gasteiger partial charge in [-0.25, -0.2) is 0 Å². The monoisotopic (exact) mass is 207 g/mol. The second-order valence-corrected chi connectivity index (χ2v) is 2.33. The van der Waals surface area contributed by atoms with E-state index in [2.05, 4.69) is 21.7 Å². The van der Waals surface area contributed by atoms with Gasteiger partial charge >= 0.3 is 0 Å². The summed E-state index contributed by atoms with van der Waals surface area (Å²) in [7, 11) is 5.45. The van der Waals surface area contributed by atoms with Crippen molar-refractivity contribution < 1.29 is 0 Å². The predicted octanol–water partition coefficient (Wildman–Crippen LogP) is 0.272. The minimum atomic E-state index is 0. The summed E-state index contributed by atoms with van der Waals surface area (Å²) in [5.74, 6) is 5.65. The van der Waals surface area contributed by atoms with Crippen molar-refractivity contribution in [1.29, 1.82) is 0 Å². The summed E-state index contributed by atoms with van der Waals surface area (Å²) >= 11 is 0. The van der Waals surface area contributed by atoms with E-state index in [1.54, 1.807) is 7.05 Å². The number of nitrogens with two attached hydrogens (primary N) is 1. The summed E-state index contributed by atoms with van der Waals surface area (Å²) in [4.78, 5) is 0. The van der Waals surface area contributed by atoms with Gasteiger partial charge in [-0.2, -0.15) is 5.10 Å². The molecule has 4 N–H and O–H groups in total. The summed E-state index contributed by atoms with van der Waals surface area (Å²) < 4.78 is 1.81. The van der Waals surface area contributed by atoms with E-state index in [9.17, 15) is 0 Å². The van der Waals surface area contributed by atoms with Crippen molar-refractivity contribution in [3.63, 3.8) is 0 Å². The Hall–Kier alpha value is -0.780. The highest BCUT2D eigenvalue weighted by molar-refractivity contribution is 5.85. The van der Waals surface area contributed by atoms with Gasteiger partial charge in [0, 0.05) is 20.2 Å². The lowest BCUT2D eigenvalue weighted by Gasteiger charge is -1.96. The lowest BCUT2D eigenvalue weighted by atomic mass is 10.5. The molecule has 0 radical (unpaired) electrons. The summed E-state index contributed by atoms with van der Waals surface area (Å²) in [6.45, 7) is 1.97. The molecule has 0 aromatic carbocycles. The molecule has 0 unspecified atom stereocenters. The Morgan fingerprint density at radius 2 is 1.92 bits per heavy atom. The molecule has 78 valence electrons. The van der Waals surface area contributed by atoms with Crippen molar-refractivity contribution in [2.24, 2.45) is 12.9 Å². The predicted molar refractivity (Wildman–Crippen MR) is 58.0 cm³/mol. The van der Waals surface area contributed by atoms with Gasteiger partial charge in [0.2, 0.25) is 0 Å². The maximum absolute atomic E-state index is 4.60. The highest BCUT2D eigenvalue weighted by Gasteiger charge is 1.95. The van der Waals surface area contributed by atoms with E-state index < -0.39 is 0 Å². The number of aromatic nitrogens is 2. The van der Waals surface area contributed by atoms with Gasteiger partial charge in [0.05, 0.1) is 5.69 Å². The van der Waals surface area contributed by atoms with Crippen molar-refractivity contribution in [1.82, 2.24) is 15.2 Å². The molecule has 0 bridgehead atoms. The fraction of sp³-hybridized carbons (Fsp3) is 0.571. The normalized spacial score (nSPS) is 8.08. The standard InChI is InChI=1S/C6H11N3.CH6N2.ClH/c1-5-4-6(7-2)9(3)8-5;1-3-2;/h4,7H,1-3H3;3H,2H2,1H3;1H. The Labute approximate surface area is 85.1 Å². The number of anilines is 1. The molecule has 0 aliphatic heterocycles. The average molecular weight is 208 g/mol. The van der Waals surface area contributed by atoms with Gasteiger partial charge in [-0.15, -0.1) is 12.4 Å². The lowest BCUT2D eigenvalue weighted by Crippen LogP contribution is -2.13. The van der Waals surface area contributed by atoms with Gasteiger partial charge in [-0.1, -0.05) is 0 Å². The van der Waals surface area contributed by atoms with E-state index in [-0.39, 0.29) is 12.4 Å². The van der Waals surface area contributed by atoms with Gasteiger partial charge in [0.15, 0.2) is 0 Å². The molecule has 0 fully saturated rings. The minimum Gasteiger partial charge on any atom is -0.373 e. The molecule has 13 heavy (non-hydrogen) atoms. The Kier molecular flexibility index (Phi) is 8.89. The first-order chi connectivity index (χ1) is 5.65. The summed E-state index contributed by atoms with van der Waals surface area (Å²) in [6.07, 6.45) is 0. The largest absolute Gasteiger partial charge is 0.373 e. The molecule has 0 amide bonds. The van der Waals surface area contributed by atoms with Crippen LogP contribution in [-0.4, -0.2) is 23.9 Å². The smallest absolute Gasteiger partial charge is 0.123 e. The Morgan fingerprint density at radius 1 is 1.46 bits per heavy atom. The molecule has 0 atom stereocenters. The van der Waals surface area contributed by atoms with Crippen molar-refractivity contribution in [3.8, 4) is 0 Å². The first kappa shape index (κ1) is 14.7. The molecule has 1 aromatic rings. The van der Waals surface area contributed by atoms with E-state index in [1.807, 2.05) is 31.8 Å². The van der Waals surface area contributed by atoms with Gasteiger partial charge in [-0.3, -0.25) is 16.0 Å². The molecule has 0 spiro atoms. The van der Waals surface area contributed by atoms with Crippen molar-refractivity contribution in [2.75, 3.05) is 19.4 Å². The molecule has 6 heteroatoms. The van der Waals surface area contributed by atoms with Crippen molar-refractivity contribution in [2.45, 2.75) is 6.92 Å². The lowest BCUT2D eigenvalue weighted by molar-refractivity contribution is 0.763. The number of nitrogens with zero attached hydrogens (tertiary/aromatic N) is 2.